The van der Waals surface area contributed by atoms with Crippen LogP contribution in [0.3, 0.4) is 0 Å². The molecule has 0 bridgehead atoms. The zero-order valence-electron chi connectivity index (χ0n) is 16.8. The van der Waals surface area contributed by atoms with E-state index >= 15 is 0 Å². The van der Waals surface area contributed by atoms with E-state index in [-0.39, 0.29) is 5.54 Å². The van der Waals surface area contributed by atoms with Crippen LogP contribution in [0, 0.1) is 6.92 Å². The van der Waals surface area contributed by atoms with Gasteiger partial charge in [0, 0.05) is 6.07 Å². The second-order valence-electron chi connectivity index (χ2n) is 8.82. The quantitative estimate of drug-likeness (QED) is 0.352. The Morgan fingerprint density at radius 1 is 0.966 bits per heavy atom. The summed E-state index contributed by atoms with van der Waals surface area (Å²) in [6, 6.07) is 17.7. The van der Waals surface area contributed by atoms with E-state index in [4.69, 9.17) is 4.98 Å². The predicted octanol–water partition coefficient (Wildman–Crippen LogP) is 4.87. The number of fused-ring (bicyclic) bond motifs is 9. The SMILES string of the molecule is Cc1ccc2c3c1-c1c(ccc[n+]1C)C1(CCCC1)n3c1nc3ccccc3n21. The van der Waals surface area contributed by atoms with Crippen molar-refractivity contribution < 1.29 is 4.57 Å². The Kier molecular flexibility index (Phi) is 2.75. The minimum Gasteiger partial charge on any atom is -0.298 e. The molecule has 29 heavy (non-hydrogen) atoms. The first-order valence-electron chi connectivity index (χ1n) is 10.6. The van der Waals surface area contributed by atoms with Gasteiger partial charge in [-0.25, -0.2) is 9.55 Å². The summed E-state index contributed by atoms with van der Waals surface area (Å²) in [7, 11) is 2.19. The highest BCUT2D eigenvalue weighted by Crippen LogP contribution is 2.53. The monoisotopic (exact) mass is 379 g/mol. The molecule has 142 valence electrons. The van der Waals surface area contributed by atoms with Gasteiger partial charge in [0.15, 0.2) is 6.20 Å². The molecule has 4 nitrogen and oxygen atoms in total. The second kappa shape index (κ2) is 5.07. The van der Waals surface area contributed by atoms with Gasteiger partial charge in [-0.3, -0.25) is 8.97 Å². The van der Waals surface area contributed by atoms with Crippen molar-refractivity contribution in [1.29, 1.82) is 0 Å². The van der Waals surface area contributed by atoms with Crippen molar-refractivity contribution in [2.24, 2.45) is 7.05 Å². The number of nitrogens with zero attached hydrogens (tertiary/aromatic N) is 4. The number of benzene rings is 2. The largest absolute Gasteiger partial charge is 0.298 e. The lowest BCUT2D eigenvalue weighted by Crippen LogP contribution is -2.42. The van der Waals surface area contributed by atoms with Crippen LogP contribution in [-0.4, -0.2) is 14.0 Å². The Balaban J connectivity index is 1.81. The molecule has 1 saturated carbocycles. The molecule has 4 heteroatoms. The second-order valence-corrected chi connectivity index (χ2v) is 8.82. The predicted molar refractivity (Wildman–Crippen MR) is 115 cm³/mol. The molecule has 1 fully saturated rings. The summed E-state index contributed by atoms with van der Waals surface area (Å²) in [5, 5.41) is 0. The van der Waals surface area contributed by atoms with Gasteiger partial charge in [0.05, 0.1) is 38.7 Å². The van der Waals surface area contributed by atoms with Crippen LogP contribution in [0.25, 0.3) is 39.1 Å². The van der Waals surface area contributed by atoms with E-state index < -0.39 is 0 Å². The van der Waals surface area contributed by atoms with Gasteiger partial charge < -0.3 is 0 Å². The molecule has 1 spiro atoms. The fourth-order valence-corrected chi connectivity index (χ4v) is 6.16. The number of hydrogen-bond donors (Lipinski definition) is 0. The van der Waals surface area contributed by atoms with E-state index in [1.165, 1.54) is 64.6 Å². The van der Waals surface area contributed by atoms with Crippen LogP contribution in [0.2, 0.25) is 0 Å². The first-order valence-corrected chi connectivity index (χ1v) is 10.6. The molecular formula is C25H23N4+. The van der Waals surface area contributed by atoms with Crippen molar-refractivity contribution in [2.45, 2.75) is 38.1 Å². The Labute approximate surface area is 169 Å². The van der Waals surface area contributed by atoms with Crippen LogP contribution in [0.4, 0.5) is 0 Å². The molecule has 0 saturated heterocycles. The Bertz CT molecular complexity index is 1480. The number of rotatable bonds is 0. The summed E-state index contributed by atoms with van der Waals surface area (Å²) in [4.78, 5) is 5.16. The lowest BCUT2D eigenvalue weighted by atomic mass is 9.80. The average Bonchev–Trinajstić information content (AvgIpc) is 3.41. The summed E-state index contributed by atoms with van der Waals surface area (Å²) in [5.74, 6) is 1.09. The number of aryl methyl sites for hydroxylation is 2. The molecular weight excluding hydrogens is 356 g/mol. The third kappa shape index (κ3) is 1.68. The first kappa shape index (κ1) is 15.7. The van der Waals surface area contributed by atoms with E-state index in [1.807, 2.05) is 0 Å². The first-order chi connectivity index (χ1) is 14.2. The Morgan fingerprint density at radius 3 is 2.66 bits per heavy atom. The number of imidazole rings is 2. The number of pyridine rings is 1. The molecule has 4 heterocycles. The van der Waals surface area contributed by atoms with Gasteiger partial charge in [-0.1, -0.05) is 31.0 Å². The van der Waals surface area contributed by atoms with Gasteiger partial charge in [-0.2, -0.15) is 0 Å². The van der Waals surface area contributed by atoms with Gasteiger partial charge in [-0.05, 0) is 49.6 Å². The van der Waals surface area contributed by atoms with Crippen LogP contribution >= 0.6 is 0 Å². The zero-order chi connectivity index (χ0) is 19.3. The minimum atomic E-state index is -0.000473. The van der Waals surface area contributed by atoms with Crippen LogP contribution < -0.4 is 4.57 Å². The molecule has 1 aliphatic heterocycles. The summed E-state index contributed by atoms with van der Waals surface area (Å²) in [6.07, 6.45) is 7.09. The third-order valence-corrected chi connectivity index (χ3v) is 7.35. The highest BCUT2D eigenvalue weighted by atomic mass is 15.3. The number of para-hydroxylation sites is 2. The average molecular weight is 379 g/mol. The maximum atomic E-state index is 5.16. The van der Waals surface area contributed by atoms with Crippen molar-refractivity contribution in [3.8, 4) is 11.3 Å². The number of hydrogen-bond acceptors (Lipinski definition) is 1. The van der Waals surface area contributed by atoms with E-state index in [0.717, 1.165) is 11.3 Å². The Hall–Kier alpha value is -3.14. The Morgan fingerprint density at radius 2 is 1.79 bits per heavy atom. The maximum Gasteiger partial charge on any atom is 0.220 e. The van der Waals surface area contributed by atoms with Gasteiger partial charge in [0.1, 0.15) is 7.05 Å². The van der Waals surface area contributed by atoms with Gasteiger partial charge >= 0.3 is 0 Å². The zero-order valence-corrected chi connectivity index (χ0v) is 16.8. The van der Waals surface area contributed by atoms with E-state index in [1.54, 1.807) is 0 Å². The highest BCUT2D eigenvalue weighted by Gasteiger charge is 2.48. The molecule has 2 aromatic carbocycles. The molecule has 0 atom stereocenters. The molecule has 2 aliphatic rings. The third-order valence-electron chi connectivity index (χ3n) is 7.35. The maximum absolute atomic E-state index is 5.16. The standard InChI is InChI=1S/C25H23N4/c1-16-11-12-20-23-21(16)22-17(8-7-15-27(22)2)25(13-5-6-14-25)29(23)24-26-18-9-3-4-10-19(18)28(20)24/h3-4,7-12,15H,5-6,13-14H2,1-2H3/q+1. The van der Waals surface area contributed by atoms with Crippen LogP contribution in [-0.2, 0) is 12.6 Å². The smallest absolute Gasteiger partial charge is 0.220 e. The van der Waals surface area contributed by atoms with E-state index in [0.29, 0.717) is 0 Å². The van der Waals surface area contributed by atoms with Crippen molar-refractivity contribution in [3.63, 3.8) is 0 Å². The lowest BCUT2D eigenvalue weighted by Gasteiger charge is -2.36. The molecule has 3 aromatic heterocycles. The molecule has 0 N–H and O–H groups in total. The van der Waals surface area contributed by atoms with Gasteiger partial charge in [0.2, 0.25) is 11.5 Å². The summed E-state index contributed by atoms with van der Waals surface area (Å²) in [6.45, 7) is 2.25. The van der Waals surface area contributed by atoms with Crippen molar-refractivity contribution in [2.75, 3.05) is 0 Å². The van der Waals surface area contributed by atoms with Crippen molar-refractivity contribution in [3.05, 3.63) is 65.9 Å². The summed E-state index contributed by atoms with van der Waals surface area (Å²) < 4.78 is 7.33. The molecule has 0 unspecified atom stereocenters. The lowest BCUT2D eigenvalue weighted by molar-refractivity contribution is -0.661. The summed E-state index contributed by atoms with van der Waals surface area (Å²) >= 11 is 0. The van der Waals surface area contributed by atoms with Gasteiger partial charge in [0.25, 0.3) is 0 Å². The molecule has 0 amide bonds. The molecule has 0 radical (unpaired) electrons. The number of aromatic nitrogens is 4. The highest BCUT2D eigenvalue weighted by molar-refractivity contribution is 6.01. The van der Waals surface area contributed by atoms with E-state index in [9.17, 15) is 0 Å². The van der Waals surface area contributed by atoms with E-state index in [2.05, 4.69) is 82.2 Å². The minimum absolute atomic E-state index is 0.000473. The summed E-state index contributed by atoms with van der Waals surface area (Å²) in [5.41, 5.74) is 10.5. The van der Waals surface area contributed by atoms with Gasteiger partial charge in [-0.15, -0.1) is 0 Å². The van der Waals surface area contributed by atoms with Crippen molar-refractivity contribution in [1.82, 2.24) is 14.0 Å². The van der Waals surface area contributed by atoms with Crippen LogP contribution in [0.1, 0.15) is 36.8 Å². The van der Waals surface area contributed by atoms with Crippen molar-refractivity contribution >= 4 is 27.8 Å². The fraction of sp³-hybridized carbons (Fsp3) is 0.280. The molecule has 5 aromatic rings. The van der Waals surface area contributed by atoms with Crippen LogP contribution in [0.15, 0.2) is 54.7 Å². The van der Waals surface area contributed by atoms with Crippen LogP contribution in [0.5, 0.6) is 0 Å². The topological polar surface area (TPSA) is 26.1 Å². The molecule has 1 aliphatic carbocycles. The fourth-order valence-electron chi connectivity index (χ4n) is 6.16. The normalized spacial score (nSPS) is 17.0. The molecule has 7 rings (SSSR count).